The number of carbonyl (C=O) groups excluding carboxylic acids is 1. The highest BCUT2D eigenvalue weighted by atomic mass is 32.2. The molecule has 2 amide bonds. The molecule has 1 saturated heterocycles. The Morgan fingerprint density at radius 1 is 1.21 bits per heavy atom. The Hall–Kier alpha value is -2.36. The SMILES string of the molecule is Cc1oc(S(=N)(=O)NC(=O)Nc2c3c(cc4c2CCC4)CCC3)cc1CN1CC[C@@H](CO)C1. The number of aliphatic hydroxyl groups is 1. The molecule has 178 valence electrons. The highest BCUT2D eigenvalue weighted by Gasteiger charge is 2.28. The number of hydrogen-bond donors (Lipinski definition) is 4. The van der Waals surface area contributed by atoms with E-state index in [2.05, 4.69) is 21.0 Å². The number of carbonyl (C=O) groups is 1. The monoisotopic (exact) mass is 472 g/mol. The maximum atomic E-state index is 13.1. The van der Waals surface area contributed by atoms with Gasteiger partial charge in [-0.15, -0.1) is 0 Å². The van der Waals surface area contributed by atoms with Gasteiger partial charge in [-0.1, -0.05) is 6.07 Å². The summed E-state index contributed by atoms with van der Waals surface area (Å²) in [4.78, 5) is 15.1. The molecule has 8 nitrogen and oxygen atoms in total. The van der Waals surface area contributed by atoms with E-state index in [0.717, 1.165) is 69.3 Å². The maximum Gasteiger partial charge on any atom is 0.332 e. The summed E-state index contributed by atoms with van der Waals surface area (Å²) >= 11 is 0. The number of hydrogen-bond acceptors (Lipinski definition) is 6. The Bertz CT molecular complexity index is 1160. The summed E-state index contributed by atoms with van der Waals surface area (Å²) in [5, 5.41) is 12.3. The van der Waals surface area contributed by atoms with Gasteiger partial charge in [0.15, 0.2) is 9.92 Å². The van der Waals surface area contributed by atoms with Crippen molar-refractivity contribution in [3.05, 3.63) is 45.7 Å². The van der Waals surface area contributed by atoms with Crippen molar-refractivity contribution in [1.29, 1.82) is 4.78 Å². The first-order valence-corrected chi connectivity index (χ1v) is 13.4. The highest BCUT2D eigenvalue weighted by molar-refractivity contribution is 7.91. The molecule has 2 aliphatic carbocycles. The van der Waals surface area contributed by atoms with Gasteiger partial charge in [-0.05, 0) is 86.6 Å². The van der Waals surface area contributed by atoms with Crippen LogP contribution < -0.4 is 10.0 Å². The normalized spacial score (nSPS) is 21.6. The molecular weight excluding hydrogens is 440 g/mol. The zero-order valence-corrected chi connectivity index (χ0v) is 19.9. The van der Waals surface area contributed by atoms with Gasteiger partial charge in [-0.2, -0.15) is 0 Å². The fourth-order valence-corrected chi connectivity index (χ4v) is 6.49. The van der Waals surface area contributed by atoms with Crippen molar-refractivity contribution in [2.24, 2.45) is 5.92 Å². The van der Waals surface area contributed by atoms with Crippen LogP contribution in [-0.2, 0) is 42.1 Å². The molecule has 0 bridgehead atoms. The van der Waals surface area contributed by atoms with Crippen molar-refractivity contribution in [2.45, 2.75) is 63.5 Å². The summed E-state index contributed by atoms with van der Waals surface area (Å²) in [5.41, 5.74) is 6.68. The first kappa shape index (κ1) is 22.4. The van der Waals surface area contributed by atoms with E-state index >= 15 is 0 Å². The Labute approximate surface area is 194 Å². The minimum absolute atomic E-state index is 0.0356. The molecule has 3 aliphatic rings. The summed E-state index contributed by atoms with van der Waals surface area (Å²) in [6, 6.07) is 3.28. The molecule has 1 aromatic carbocycles. The lowest BCUT2D eigenvalue weighted by Crippen LogP contribution is -2.34. The van der Waals surface area contributed by atoms with Crippen molar-refractivity contribution in [1.82, 2.24) is 9.62 Å². The van der Waals surface area contributed by atoms with Crippen LogP contribution in [-0.4, -0.2) is 39.9 Å². The Balaban J connectivity index is 1.30. The van der Waals surface area contributed by atoms with E-state index in [4.69, 9.17) is 9.20 Å². The molecule has 5 rings (SSSR count). The topological polar surface area (TPSA) is 119 Å². The van der Waals surface area contributed by atoms with Crippen molar-refractivity contribution < 1.29 is 18.5 Å². The van der Waals surface area contributed by atoms with E-state index in [9.17, 15) is 14.1 Å². The van der Waals surface area contributed by atoms with Gasteiger partial charge in [0.1, 0.15) is 5.76 Å². The second-order valence-electron chi connectivity index (χ2n) is 9.57. The number of benzene rings is 1. The van der Waals surface area contributed by atoms with Gasteiger partial charge in [0.25, 0.3) is 0 Å². The van der Waals surface area contributed by atoms with Gasteiger partial charge in [-0.25, -0.2) is 18.5 Å². The number of aryl methyl sites for hydroxylation is 3. The summed E-state index contributed by atoms with van der Waals surface area (Å²) in [5.74, 6) is 0.877. The van der Waals surface area contributed by atoms with Gasteiger partial charge in [0, 0.05) is 37.0 Å². The summed E-state index contributed by atoms with van der Waals surface area (Å²) in [6.45, 7) is 4.26. The number of aliphatic hydroxyl groups excluding tert-OH is 1. The van der Waals surface area contributed by atoms with Gasteiger partial charge in [0.2, 0.25) is 5.09 Å². The Kier molecular flexibility index (Phi) is 5.96. The molecule has 2 aromatic rings. The summed E-state index contributed by atoms with van der Waals surface area (Å²) < 4.78 is 29.5. The van der Waals surface area contributed by atoms with E-state index in [-0.39, 0.29) is 17.6 Å². The molecule has 33 heavy (non-hydrogen) atoms. The number of rotatable bonds is 6. The largest absolute Gasteiger partial charge is 0.449 e. The second-order valence-corrected chi connectivity index (χ2v) is 11.3. The second kappa shape index (κ2) is 8.77. The maximum absolute atomic E-state index is 13.1. The molecule has 0 spiro atoms. The van der Waals surface area contributed by atoms with Crippen molar-refractivity contribution >= 4 is 21.6 Å². The first-order valence-electron chi connectivity index (χ1n) is 11.8. The number of anilines is 1. The first-order chi connectivity index (χ1) is 15.8. The predicted molar refractivity (Wildman–Crippen MR) is 126 cm³/mol. The molecule has 0 radical (unpaired) electrons. The standard InChI is InChI=1S/C24H32N4O4S/c1-15-19(13-28-9-8-16(12-28)14-29)11-22(32-15)33(25,31)27-24(30)26-23-20-6-2-4-17(20)10-18-5-3-7-21(18)23/h10-11,16,29H,2-9,12-14H2,1H3,(H3,25,26,27,30,31)/t16-,33?/m1/s1. The average Bonchev–Trinajstić information content (AvgIpc) is 3.55. The minimum atomic E-state index is -3.65. The fraction of sp³-hybridized carbons (Fsp3) is 0.542. The van der Waals surface area contributed by atoms with Crippen molar-refractivity contribution in [3.63, 3.8) is 0 Å². The third kappa shape index (κ3) is 4.41. The van der Waals surface area contributed by atoms with Gasteiger partial charge in [0.05, 0.1) is 0 Å². The lowest BCUT2D eigenvalue weighted by molar-refractivity contribution is 0.220. The number of amides is 2. The Morgan fingerprint density at radius 2 is 1.91 bits per heavy atom. The van der Waals surface area contributed by atoms with Crippen LogP contribution in [0.3, 0.4) is 0 Å². The molecule has 1 aromatic heterocycles. The van der Waals surface area contributed by atoms with Crippen molar-refractivity contribution in [2.75, 3.05) is 25.0 Å². The van der Waals surface area contributed by atoms with Crippen LogP contribution in [0.15, 0.2) is 21.6 Å². The van der Waals surface area contributed by atoms with Crippen LogP contribution in [0.4, 0.5) is 10.5 Å². The molecule has 2 heterocycles. The van der Waals surface area contributed by atoms with E-state index in [1.54, 1.807) is 13.0 Å². The van der Waals surface area contributed by atoms with E-state index < -0.39 is 15.9 Å². The van der Waals surface area contributed by atoms with Crippen LogP contribution in [0.2, 0.25) is 0 Å². The zero-order chi connectivity index (χ0) is 23.2. The minimum Gasteiger partial charge on any atom is -0.449 e. The third-order valence-electron chi connectivity index (χ3n) is 7.25. The van der Waals surface area contributed by atoms with E-state index in [1.807, 2.05) is 0 Å². The van der Waals surface area contributed by atoms with Crippen LogP contribution in [0.5, 0.6) is 0 Å². The molecule has 9 heteroatoms. The highest BCUT2D eigenvalue weighted by Crippen LogP contribution is 2.38. The molecule has 4 N–H and O–H groups in total. The number of urea groups is 1. The Morgan fingerprint density at radius 3 is 2.55 bits per heavy atom. The van der Waals surface area contributed by atoms with E-state index in [0.29, 0.717) is 12.3 Å². The number of fused-ring (bicyclic) bond motifs is 2. The van der Waals surface area contributed by atoms with Gasteiger partial charge < -0.3 is 14.8 Å². The lowest BCUT2D eigenvalue weighted by Gasteiger charge is -2.17. The van der Waals surface area contributed by atoms with Crippen LogP contribution in [0.25, 0.3) is 0 Å². The molecule has 1 aliphatic heterocycles. The molecule has 2 atom stereocenters. The number of nitrogens with one attached hydrogen (secondary N) is 3. The molecule has 1 unspecified atom stereocenters. The van der Waals surface area contributed by atoms with Crippen molar-refractivity contribution in [3.8, 4) is 0 Å². The lowest BCUT2D eigenvalue weighted by atomic mass is 9.99. The summed E-state index contributed by atoms with van der Waals surface area (Å²) in [7, 11) is -3.65. The molecule has 1 fully saturated rings. The quantitative estimate of drug-likeness (QED) is 0.513. The zero-order valence-electron chi connectivity index (χ0n) is 19.0. The smallest absolute Gasteiger partial charge is 0.332 e. The number of nitrogens with zero attached hydrogens (tertiary/aromatic N) is 1. The number of furan rings is 1. The average molecular weight is 473 g/mol. The van der Waals surface area contributed by atoms with Gasteiger partial charge >= 0.3 is 6.03 Å². The van der Waals surface area contributed by atoms with Crippen LogP contribution in [0, 0.1) is 17.6 Å². The fourth-order valence-electron chi connectivity index (χ4n) is 5.52. The predicted octanol–water partition coefficient (Wildman–Crippen LogP) is 3.52. The molecule has 0 saturated carbocycles. The van der Waals surface area contributed by atoms with Crippen LogP contribution in [0.1, 0.15) is 52.8 Å². The summed E-state index contributed by atoms with van der Waals surface area (Å²) in [6.07, 6.45) is 7.02. The van der Waals surface area contributed by atoms with Crippen LogP contribution >= 0.6 is 0 Å². The molecular formula is C24H32N4O4S. The third-order valence-corrected chi connectivity index (χ3v) is 8.49. The van der Waals surface area contributed by atoms with E-state index in [1.165, 1.54) is 22.3 Å². The van der Waals surface area contributed by atoms with Gasteiger partial charge in [-0.3, -0.25) is 4.90 Å². The number of likely N-dealkylation sites (tertiary alicyclic amines) is 1.